The van der Waals surface area contributed by atoms with Crippen LogP contribution in [0.5, 0.6) is 0 Å². The number of fused-ring (bicyclic) bond motifs is 8. The highest BCUT2D eigenvalue weighted by molar-refractivity contribution is 6.04. The molecule has 76 heavy (non-hydrogen) atoms. The van der Waals surface area contributed by atoms with Gasteiger partial charge >= 0.3 is 0 Å². The SMILES string of the molecule is C1=Cc2nc1c(-c1ccccc1)c1ccc([nH]1)c(-c1ccccc1)c1nc(c(-c3ccccc3)c3c(Cc4ccccc4)c(Cc4ccccc4)c(c2-c2ccccc2)n3Cc2ccccc2)C(Cc2ccccc2)=C1. The minimum atomic E-state index is 0.594. The summed E-state index contributed by atoms with van der Waals surface area (Å²) in [5, 5.41) is 0. The van der Waals surface area contributed by atoms with Gasteiger partial charge in [-0.1, -0.05) is 243 Å². The summed E-state index contributed by atoms with van der Waals surface area (Å²) in [4.78, 5) is 15.9. The summed E-state index contributed by atoms with van der Waals surface area (Å²) in [5.41, 5.74) is 25.1. The fourth-order valence-corrected chi connectivity index (χ4v) is 11.4. The van der Waals surface area contributed by atoms with E-state index in [0.717, 1.165) is 94.9 Å². The van der Waals surface area contributed by atoms with Crippen LogP contribution in [-0.4, -0.2) is 19.5 Å². The summed E-state index contributed by atoms with van der Waals surface area (Å²) in [5.74, 6) is 0. The second-order valence-electron chi connectivity index (χ2n) is 19.7. The molecule has 0 saturated heterocycles. The second kappa shape index (κ2) is 20.7. The Hall–Kier alpha value is -9.64. The van der Waals surface area contributed by atoms with Crippen LogP contribution in [0, 0.1) is 0 Å². The molecule has 4 nitrogen and oxygen atoms in total. The zero-order valence-electron chi connectivity index (χ0n) is 42.2. The Morgan fingerprint density at radius 3 is 1.13 bits per heavy atom. The normalized spacial score (nSPS) is 11.9. The van der Waals surface area contributed by atoms with E-state index in [2.05, 4.69) is 283 Å². The first-order chi connectivity index (χ1) is 37.7. The van der Waals surface area contributed by atoms with Crippen LogP contribution in [0.3, 0.4) is 0 Å². The van der Waals surface area contributed by atoms with Gasteiger partial charge in [0.2, 0.25) is 0 Å². The van der Waals surface area contributed by atoms with Crippen LogP contribution in [0.4, 0.5) is 0 Å². The summed E-state index contributed by atoms with van der Waals surface area (Å²) in [6, 6.07) is 91.8. The van der Waals surface area contributed by atoms with Crippen LogP contribution < -0.4 is 0 Å². The summed E-state index contributed by atoms with van der Waals surface area (Å²) < 4.78 is 2.65. The van der Waals surface area contributed by atoms with E-state index in [1.165, 1.54) is 33.4 Å². The number of aromatic nitrogens is 4. The molecule has 0 saturated carbocycles. The van der Waals surface area contributed by atoms with Crippen molar-refractivity contribution < 1.29 is 0 Å². The van der Waals surface area contributed by atoms with Crippen molar-refractivity contribution in [3.8, 4) is 44.5 Å². The molecule has 0 atom stereocenters. The quantitative estimate of drug-likeness (QED) is 0.133. The lowest BCUT2D eigenvalue weighted by Gasteiger charge is -2.16. The number of nitrogens with zero attached hydrogens (tertiary/aromatic N) is 3. The van der Waals surface area contributed by atoms with Crippen LogP contribution in [0.15, 0.2) is 255 Å². The lowest BCUT2D eigenvalue weighted by Crippen LogP contribution is -2.04. The maximum Gasteiger partial charge on any atom is 0.0772 e. The fourth-order valence-electron chi connectivity index (χ4n) is 11.4. The van der Waals surface area contributed by atoms with E-state index in [1.54, 1.807) is 0 Å². The topological polar surface area (TPSA) is 46.5 Å². The van der Waals surface area contributed by atoms with Crippen LogP contribution in [0.1, 0.15) is 56.2 Å². The molecule has 3 aromatic heterocycles. The number of rotatable bonds is 12. The van der Waals surface area contributed by atoms with Crippen molar-refractivity contribution in [3.05, 3.63) is 311 Å². The summed E-state index contributed by atoms with van der Waals surface area (Å²) in [7, 11) is 0. The molecule has 0 radical (unpaired) electrons. The van der Waals surface area contributed by atoms with E-state index in [-0.39, 0.29) is 0 Å². The third-order valence-corrected chi connectivity index (χ3v) is 14.8. The van der Waals surface area contributed by atoms with E-state index >= 15 is 0 Å². The minimum Gasteiger partial charge on any atom is -0.354 e. The smallest absolute Gasteiger partial charge is 0.0772 e. The number of benzene rings is 8. The molecule has 1 N–H and O–H groups in total. The number of hydrogen-bond acceptors (Lipinski definition) is 2. The largest absolute Gasteiger partial charge is 0.354 e. The predicted molar refractivity (Wildman–Crippen MR) is 317 cm³/mol. The Labute approximate surface area is 444 Å². The maximum atomic E-state index is 6.06. The summed E-state index contributed by atoms with van der Waals surface area (Å²) in [6.07, 6.45) is 8.89. The first kappa shape index (κ1) is 46.2. The molecule has 2 aliphatic rings. The number of hydrogen-bond donors (Lipinski definition) is 1. The van der Waals surface area contributed by atoms with Crippen molar-refractivity contribution >= 4 is 45.9 Å². The number of aromatic amines is 1. The molecule has 0 aliphatic carbocycles. The van der Waals surface area contributed by atoms with E-state index < -0.39 is 0 Å². The van der Waals surface area contributed by atoms with E-state index in [1.807, 2.05) is 0 Å². The Balaban J connectivity index is 1.33. The molecule has 0 unspecified atom stereocenters. The third-order valence-electron chi connectivity index (χ3n) is 14.8. The molecule has 2 aliphatic heterocycles. The highest BCUT2D eigenvalue weighted by atomic mass is 15.0. The van der Waals surface area contributed by atoms with Crippen LogP contribution >= 0.6 is 0 Å². The highest BCUT2D eigenvalue weighted by Gasteiger charge is 2.29. The standard InChI is InChI=1S/C72H54N4/c1-9-25-50(26-10-1)45-58-48-65-67(55-35-19-6-20-36-55)63-42-41-61(73-63)66(54-33-17-5-18-34-54)62-43-44-64(74-62)68(56-37-21-7-22-38-56)71-59(46-51-27-11-2-12-28-51)60(47-52-29-13-3-14-30-52)72(76(71)49-53-31-15-4-16-32-53)69(70(58)75-65)57-39-23-8-24-40-57/h1-44,48,73H,45-47,49H2. The average molecular weight is 975 g/mol. The molecule has 4 heteroatoms. The van der Waals surface area contributed by atoms with Crippen molar-refractivity contribution in [2.75, 3.05) is 0 Å². The van der Waals surface area contributed by atoms with Gasteiger partial charge in [-0.3, -0.25) is 0 Å². The van der Waals surface area contributed by atoms with Gasteiger partial charge in [-0.2, -0.15) is 0 Å². The highest BCUT2D eigenvalue weighted by Crippen LogP contribution is 2.46. The van der Waals surface area contributed by atoms with Gasteiger partial charge in [-0.25, -0.2) is 9.97 Å². The Kier molecular flexibility index (Phi) is 12.6. The molecular weight excluding hydrogens is 921 g/mol. The molecule has 13 rings (SSSR count). The van der Waals surface area contributed by atoms with Gasteiger partial charge < -0.3 is 9.55 Å². The zero-order valence-corrected chi connectivity index (χ0v) is 42.2. The lowest BCUT2D eigenvalue weighted by molar-refractivity contribution is 0.863. The van der Waals surface area contributed by atoms with Crippen molar-refractivity contribution in [2.45, 2.75) is 25.8 Å². The molecule has 8 bridgehead atoms. The van der Waals surface area contributed by atoms with E-state index in [4.69, 9.17) is 9.97 Å². The monoisotopic (exact) mass is 974 g/mol. The first-order valence-corrected chi connectivity index (χ1v) is 26.3. The maximum absolute atomic E-state index is 6.06. The molecule has 362 valence electrons. The molecule has 0 amide bonds. The first-order valence-electron chi connectivity index (χ1n) is 26.3. The summed E-state index contributed by atoms with van der Waals surface area (Å²) >= 11 is 0. The minimum absolute atomic E-state index is 0.594. The van der Waals surface area contributed by atoms with E-state index in [0.29, 0.717) is 25.8 Å². The molecule has 0 spiro atoms. The average Bonchev–Trinajstić information content (AvgIpc) is 4.39. The van der Waals surface area contributed by atoms with Crippen LogP contribution in [0.2, 0.25) is 0 Å². The van der Waals surface area contributed by atoms with Crippen molar-refractivity contribution in [2.24, 2.45) is 0 Å². The van der Waals surface area contributed by atoms with Gasteiger partial charge in [-0.05, 0) is 111 Å². The van der Waals surface area contributed by atoms with Crippen molar-refractivity contribution in [3.63, 3.8) is 0 Å². The van der Waals surface area contributed by atoms with E-state index in [9.17, 15) is 0 Å². The Morgan fingerprint density at radius 2 is 0.671 bits per heavy atom. The number of allylic oxidation sites excluding steroid dienone is 1. The third kappa shape index (κ3) is 9.12. The van der Waals surface area contributed by atoms with Gasteiger partial charge in [0.25, 0.3) is 0 Å². The second-order valence-corrected chi connectivity index (χ2v) is 19.7. The molecule has 0 fully saturated rings. The van der Waals surface area contributed by atoms with Gasteiger partial charge in [0.05, 0.1) is 33.8 Å². The zero-order chi connectivity index (χ0) is 50.6. The molecular formula is C72H54N4. The van der Waals surface area contributed by atoms with Gasteiger partial charge in [0, 0.05) is 39.8 Å². The predicted octanol–water partition coefficient (Wildman–Crippen LogP) is 17.6. The number of nitrogens with one attached hydrogen (secondary N) is 1. The molecule has 8 aromatic carbocycles. The number of H-pyrrole nitrogens is 1. The van der Waals surface area contributed by atoms with Gasteiger partial charge in [0.15, 0.2) is 0 Å². The van der Waals surface area contributed by atoms with Crippen LogP contribution in [-0.2, 0) is 25.8 Å². The van der Waals surface area contributed by atoms with Crippen molar-refractivity contribution in [1.29, 1.82) is 0 Å². The molecule has 11 aromatic rings. The van der Waals surface area contributed by atoms with Gasteiger partial charge in [0.1, 0.15) is 0 Å². The Bertz CT molecular complexity index is 4090. The molecule has 5 heterocycles. The Morgan fingerprint density at radius 1 is 0.316 bits per heavy atom. The van der Waals surface area contributed by atoms with Gasteiger partial charge in [-0.15, -0.1) is 0 Å². The van der Waals surface area contributed by atoms with Crippen LogP contribution in [0.25, 0.3) is 90.4 Å². The lowest BCUT2D eigenvalue weighted by atomic mass is 9.90. The fraction of sp³-hybridized carbons (Fsp3) is 0.0556. The van der Waals surface area contributed by atoms with Crippen molar-refractivity contribution in [1.82, 2.24) is 19.5 Å². The summed E-state index contributed by atoms with van der Waals surface area (Å²) in [6.45, 7) is 0.594.